The third-order valence-corrected chi connectivity index (χ3v) is 6.06. The van der Waals surface area contributed by atoms with Crippen molar-refractivity contribution < 1.29 is 9.59 Å². The van der Waals surface area contributed by atoms with E-state index in [1.54, 1.807) is 23.9 Å². The maximum absolute atomic E-state index is 12.8. The van der Waals surface area contributed by atoms with Gasteiger partial charge in [-0.1, -0.05) is 23.7 Å². The first-order chi connectivity index (χ1) is 13.6. The molecule has 3 rings (SSSR count). The maximum atomic E-state index is 12.8. The Labute approximate surface area is 175 Å². The molecule has 0 saturated carbocycles. The first kappa shape index (κ1) is 20.7. The molecule has 0 unspecified atom stereocenters. The van der Waals surface area contributed by atoms with E-state index in [0.717, 1.165) is 48.0 Å². The van der Waals surface area contributed by atoms with Gasteiger partial charge in [-0.25, -0.2) is 0 Å². The summed E-state index contributed by atoms with van der Waals surface area (Å²) in [6.45, 7) is 1.59. The van der Waals surface area contributed by atoms with Crippen molar-refractivity contribution >= 4 is 40.9 Å². The van der Waals surface area contributed by atoms with Gasteiger partial charge < -0.3 is 10.2 Å². The Morgan fingerprint density at radius 1 is 1.00 bits per heavy atom. The average molecular weight is 417 g/mol. The van der Waals surface area contributed by atoms with E-state index in [0.29, 0.717) is 17.7 Å². The number of carbonyl (C=O) groups is 2. The molecule has 2 aromatic carbocycles. The molecular formula is C22H25ClN2O2S. The largest absolute Gasteiger partial charge is 0.339 e. The molecule has 1 aliphatic rings. The monoisotopic (exact) mass is 416 g/mol. The normalized spacial score (nSPS) is 14.0. The van der Waals surface area contributed by atoms with Gasteiger partial charge in [-0.15, -0.1) is 11.8 Å². The summed E-state index contributed by atoms with van der Waals surface area (Å²) >= 11 is 7.59. The van der Waals surface area contributed by atoms with E-state index in [1.807, 2.05) is 41.3 Å². The number of piperidine rings is 1. The number of thioether (sulfide) groups is 1. The number of likely N-dealkylation sites (tertiary alicyclic amines) is 1. The summed E-state index contributed by atoms with van der Waals surface area (Å²) in [5.41, 5.74) is 1.18. The van der Waals surface area contributed by atoms with Crippen LogP contribution >= 0.6 is 23.4 Å². The molecule has 28 heavy (non-hydrogen) atoms. The van der Waals surface area contributed by atoms with Crippen molar-refractivity contribution in [1.82, 2.24) is 4.90 Å². The molecule has 0 spiro atoms. The number of nitrogens with one attached hydrogen (secondary N) is 1. The SMILES string of the molecule is O=C(CCCSc1ccc(Cl)cc1)Nc1ccccc1C(=O)N1CCCCC1. The lowest BCUT2D eigenvalue weighted by molar-refractivity contribution is -0.116. The predicted octanol–water partition coefficient (Wildman–Crippen LogP) is 5.48. The van der Waals surface area contributed by atoms with Crippen molar-refractivity contribution in [3.05, 3.63) is 59.1 Å². The molecule has 6 heteroatoms. The Hall–Kier alpha value is -1.98. The molecule has 1 saturated heterocycles. The topological polar surface area (TPSA) is 49.4 Å². The number of nitrogens with zero attached hydrogens (tertiary/aromatic N) is 1. The molecule has 148 valence electrons. The van der Waals surface area contributed by atoms with Crippen molar-refractivity contribution in [2.24, 2.45) is 0 Å². The highest BCUT2D eigenvalue weighted by atomic mass is 35.5. The highest BCUT2D eigenvalue weighted by molar-refractivity contribution is 7.99. The van der Waals surface area contributed by atoms with Crippen molar-refractivity contribution in [2.75, 3.05) is 24.2 Å². The molecule has 2 amide bonds. The zero-order valence-electron chi connectivity index (χ0n) is 15.8. The fourth-order valence-electron chi connectivity index (χ4n) is 3.21. The van der Waals surface area contributed by atoms with Gasteiger partial charge in [0.2, 0.25) is 5.91 Å². The number of rotatable bonds is 7. The predicted molar refractivity (Wildman–Crippen MR) is 116 cm³/mol. The number of benzene rings is 2. The number of anilines is 1. The zero-order chi connectivity index (χ0) is 19.8. The number of para-hydroxylation sites is 1. The Morgan fingerprint density at radius 3 is 2.46 bits per heavy atom. The van der Waals surface area contributed by atoms with Crippen molar-refractivity contribution in [3.63, 3.8) is 0 Å². The van der Waals surface area contributed by atoms with E-state index >= 15 is 0 Å². The standard InChI is InChI=1S/C22H25ClN2O2S/c23-17-10-12-18(13-11-17)28-16-6-9-21(26)24-20-8-3-2-7-19(20)22(27)25-14-4-1-5-15-25/h2-3,7-8,10-13H,1,4-6,9,14-16H2,(H,24,26). The van der Waals surface area contributed by atoms with E-state index in [4.69, 9.17) is 11.6 Å². The van der Waals surface area contributed by atoms with Gasteiger partial charge in [0.15, 0.2) is 0 Å². The average Bonchev–Trinajstić information content (AvgIpc) is 2.73. The minimum atomic E-state index is -0.0596. The van der Waals surface area contributed by atoms with E-state index in [2.05, 4.69) is 5.32 Å². The van der Waals surface area contributed by atoms with Gasteiger partial charge in [-0.2, -0.15) is 0 Å². The molecule has 1 aliphatic heterocycles. The highest BCUT2D eigenvalue weighted by Gasteiger charge is 2.21. The zero-order valence-corrected chi connectivity index (χ0v) is 17.4. The molecule has 0 aromatic heterocycles. The molecular weight excluding hydrogens is 392 g/mol. The smallest absolute Gasteiger partial charge is 0.255 e. The fraction of sp³-hybridized carbons (Fsp3) is 0.364. The van der Waals surface area contributed by atoms with Crippen LogP contribution in [0.5, 0.6) is 0 Å². The van der Waals surface area contributed by atoms with Gasteiger partial charge in [-0.05, 0) is 67.8 Å². The number of hydrogen-bond donors (Lipinski definition) is 1. The molecule has 0 atom stereocenters. The van der Waals surface area contributed by atoms with Gasteiger partial charge in [0.25, 0.3) is 5.91 Å². The second-order valence-corrected chi connectivity index (χ2v) is 8.46. The van der Waals surface area contributed by atoms with Crippen molar-refractivity contribution in [1.29, 1.82) is 0 Å². The van der Waals surface area contributed by atoms with Gasteiger partial charge in [-0.3, -0.25) is 9.59 Å². The third-order valence-electron chi connectivity index (χ3n) is 4.71. The number of halogens is 1. The number of amides is 2. The highest BCUT2D eigenvalue weighted by Crippen LogP contribution is 2.23. The summed E-state index contributed by atoms with van der Waals surface area (Å²) < 4.78 is 0. The van der Waals surface area contributed by atoms with Crippen LogP contribution in [0.2, 0.25) is 5.02 Å². The lowest BCUT2D eigenvalue weighted by Crippen LogP contribution is -2.36. The van der Waals surface area contributed by atoms with Gasteiger partial charge in [0, 0.05) is 29.4 Å². The lowest BCUT2D eigenvalue weighted by atomic mass is 10.1. The quantitative estimate of drug-likeness (QED) is 0.480. The Balaban J connectivity index is 1.49. The van der Waals surface area contributed by atoms with Gasteiger partial charge in [0.05, 0.1) is 11.3 Å². The first-order valence-corrected chi connectivity index (χ1v) is 11.1. The molecule has 0 radical (unpaired) electrons. The van der Waals surface area contributed by atoms with Crippen LogP contribution < -0.4 is 5.32 Å². The molecule has 4 nitrogen and oxygen atoms in total. The summed E-state index contributed by atoms with van der Waals surface area (Å²) in [5.74, 6) is 0.799. The summed E-state index contributed by atoms with van der Waals surface area (Å²) in [4.78, 5) is 28.2. The van der Waals surface area contributed by atoms with Crippen LogP contribution in [0.3, 0.4) is 0 Å². The molecule has 1 heterocycles. The van der Waals surface area contributed by atoms with Crippen LogP contribution in [0, 0.1) is 0 Å². The van der Waals surface area contributed by atoms with Gasteiger partial charge in [0.1, 0.15) is 0 Å². The summed E-state index contributed by atoms with van der Waals surface area (Å²) in [6.07, 6.45) is 4.46. The van der Waals surface area contributed by atoms with Crippen LogP contribution in [-0.2, 0) is 4.79 Å². The van der Waals surface area contributed by atoms with Crippen LogP contribution in [0.25, 0.3) is 0 Å². The summed E-state index contributed by atoms with van der Waals surface area (Å²) in [7, 11) is 0. The first-order valence-electron chi connectivity index (χ1n) is 9.70. The van der Waals surface area contributed by atoms with Crippen LogP contribution in [0.15, 0.2) is 53.4 Å². The molecule has 0 aliphatic carbocycles. The Kier molecular flexibility index (Phi) is 7.80. The Bertz CT molecular complexity index is 804. The number of hydrogen-bond acceptors (Lipinski definition) is 3. The van der Waals surface area contributed by atoms with Crippen LogP contribution in [0.1, 0.15) is 42.5 Å². The second-order valence-electron chi connectivity index (χ2n) is 6.85. The van der Waals surface area contributed by atoms with Crippen molar-refractivity contribution in [3.8, 4) is 0 Å². The lowest BCUT2D eigenvalue weighted by Gasteiger charge is -2.27. The minimum Gasteiger partial charge on any atom is -0.339 e. The molecule has 1 fully saturated rings. The van der Waals surface area contributed by atoms with Gasteiger partial charge >= 0.3 is 0 Å². The summed E-state index contributed by atoms with van der Waals surface area (Å²) in [5, 5.41) is 3.65. The van der Waals surface area contributed by atoms with Crippen molar-refractivity contribution in [2.45, 2.75) is 37.0 Å². The molecule has 0 bridgehead atoms. The minimum absolute atomic E-state index is 0.00824. The summed E-state index contributed by atoms with van der Waals surface area (Å²) in [6, 6.07) is 15.0. The third kappa shape index (κ3) is 6.01. The fourth-order valence-corrected chi connectivity index (χ4v) is 4.19. The number of carbonyl (C=O) groups excluding carboxylic acids is 2. The van der Waals surface area contributed by atoms with E-state index < -0.39 is 0 Å². The van der Waals surface area contributed by atoms with E-state index in [9.17, 15) is 9.59 Å². The maximum Gasteiger partial charge on any atom is 0.255 e. The van der Waals surface area contributed by atoms with Crippen LogP contribution in [-0.4, -0.2) is 35.6 Å². The Morgan fingerprint density at radius 2 is 1.71 bits per heavy atom. The van der Waals surface area contributed by atoms with E-state index in [-0.39, 0.29) is 11.8 Å². The molecule has 1 N–H and O–H groups in total. The van der Waals surface area contributed by atoms with Crippen LogP contribution in [0.4, 0.5) is 5.69 Å². The van der Waals surface area contributed by atoms with E-state index in [1.165, 1.54) is 6.42 Å². The second kappa shape index (κ2) is 10.5. The molecule has 2 aromatic rings.